The van der Waals surface area contributed by atoms with Crippen LogP contribution in [-0.4, -0.2) is 93.8 Å². The minimum absolute atomic E-state index is 0.0544. The first-order valence-corrected chi connectivity index (χ1v) is 34.7. The fraction of sp³-hybridized carbons (Fsp3) is 0.236. The average molecular weight is 1380 g/mol. The van der Waals surface area contributed by atoms with E-state index in [0.717, 1.165) is 92.2 Å². The van der Waals surface area contributed by atoms with E-state index in [-0.39, 0.29) is 42.9 Å². The van der Waals surface area contributed by atoms with Crippen molar-refractivity contribution in [3.05, 3.63) is 302 Å². The van der Waals surface area contributed by atoms with Gasteiger partial charge in [0.25, 0.3) is 0 Å². The first kappa shape index (κ1) is 76.3. The smallest absolute Gasteiger partial charge is 0.217 e. The number of aliphatic hydroxyl groups excluding tert-OH is 2. The van der Waals surface area contributed by atoms with Crippen LogP contribution in [0.3, 0.4) is 0 Å². The number of nitrogens with zero attached hydrogens (tertiary/aromatic N) is 3. The molecule has 9 rings (SSSR count). The van der Waals surface area contributed by atoms with Crippen molar-refractivity contribution in [3.8, 4) is 17.2 Å². The number of rotatable bonds is 25. The van der Waals surface area contributed by atoms with Crippen LogP contribution in [0, 0.1) is 55.7 Å². The maximum atomic E-state index is 14.1. The molecule has 24 heteroatoms. The fourth-order valence-corrected chi connectivity index (χ4v) is 12.9. The molecule has 0 amide bonds. The number of carbonyl (C=O) groups is 1. The molecule has 0 heterocycles. The van der Waals surface area contributed by atoms with Crippen molar-refractivity contribution >= 4 is 36.4 Å². The molecule has 0 aliphatic heterocycles. The molecule has 9 aromatic carbocycles. The third kappa shape index (κ3) is 24.2. The van der Waals surface area contributed by atoms with Gasteiger partial charge in [0.2, 0.25) is 30.1 Å². The van der Waals surface area contributed by atoms with Crippen molar-refractivity contribution < 1.29 is 80.8 Å². The predicted octanol–water partition coefficient (Wildman–Crippen LogP) is 13.4. The Morgan fingerprint density at radius 2 is 0.625 bits per heavy atom. The molecule has 15 nitrogen and oxygen atoms in total. The van der Waals surface area contributed by atoms with Gasteiger partial charge in [0.15, 0.2) is 6.29 Å². The number of hydrogen-bond acceptors (Lipinski definition) is 12. The number of methoxy groups -OCH3 is 3. The Kier molecular flexibility index (Phi) is 28.5. The van der Waals surface area contributed by atoms with Gasteiger partial charge in [0.05, 0.1) is 56.9 Å². The largest absolute Gasteiger partial charge is 0.497 e. The second-order valence-electron chi connectivity index (χ2n) is 22.3. The quantitative estimate of drug-likeness (QED) is 0.0406. The lowest BCUT2D eigenvalue weighted by molar-refractivity contribution is 0.111. The first-order valence-electron chi connectivity index (χ1n) is 29.6. The Hall–Kier alpha value is -8.72. The van der Waals surface area contributed by atoms with E-state index in [0.29, 0.717) is 49.1 Å². The number of halogens is 6. The molecule has 9 aromatic rings. The van der Waals surface area contributed by atoms with E-state index in [1.807, 2.05) is 118 Å². The molecule has 0 aromatic heterocycles. The summed E-state index contributed by atoms with van der Waals surface area (Å²) in [7, 11) is -6.65. The summed E-state index contributed by atoms with van der Waals surface area (Å²) < 4.78 is 175. The molecule has 0 unspecified atom stereocenters. The van der Waals surface area contributed by atoms with E-state index in [4.69, 9.17) is 14.2 Å². The number of sulfonamides is 3. The summed E-state index contributed by atoms with van der Waals surface area (Å²) in [5.41, 5.74) is 7.48. The SMILES string of the molecule is COc1ccc(CN(Cc2ccc(C)cc2)S(=O)(=O)C[C@@H](O)c2ccc(F)cc2F)cc1.COc1ccc(CN(Cc2ccc(C)cc2)S(=O)(=O)C[C@H](O)c2ccc(F)cc2F)cc1.COc1ccc(CN(Cc2ccc(C)cc2)S(C)(=O)=O)cc1.O=Cc1ccc(F)cc1F. The molecule has 0 saturated carbocycles. The summed E-state index contributed by atoms with van der Waals surface area (Å²) in [5, 5.41) is 20.9. The summed E-state index contributed by atoms with van der Waals surface area (Å²) in [5.74, 6) is -4.53. The molecule has 510 valence electrons. The maximum Gasteiger partial charge on any atom is 0.217 e. The van der Waals surface area contributed by atoms with Gasteiger partial charge in [-0.2, -0.15) is 12.9 Å². The second-order valence-corrected chi connectivity index (χ2v) is 28.3. The van der Waals surface area contributed by atoms with Gasteiger partial charge in [0, 0.05) is 68.6 Å². The van der Waals surface area contributed by atoms with Crippen LogP contribution in [0.4, 0.5) is 26.3 Å². The van der Waals surface area contributed by atoms with Crippen molar-refractivity contribution in [1.29, 1.82) is 0 Å². The molecule has 0 fully saturated rings. The van der Waals surface area contributed by atoms with Gasteiger partial charge in [0.1, 0.15) is 52.2 Å². The Morgan fingerprint density at radius 1 is 0.375 bits per heavy atom. The van der Waals surface area contributed by atoms with E-state index in [1.165, 1.54) is 19.2 Å². The van der Waals surface area contributed by atoms with Crippen LogP contribution in [0.15, 0.2) is 200 Å². The number of hydrogen-bond donors (Lipinski definition) is 2. The van der Waals surface area contributed by atoms with Crippen molar-refractivity contribution in [3.63, 3.8) is 0 Å². The van der Waals surface area contributed by atoms with Crippen LogP contribution in [0.5, 0.6) is 17.2 Å². The van der Waals surface area contributed by atoms with Gasteiger partial charge < -0.3 is 24.4 Å². The number of carbonyl (C=O) groups excluding carboxylic acids is 1. The van der Waals surface area contributed by atoms with Gasteiger partial charge >= 0.3 is 0 Å². The molecule has 2 atom stereocenters. The minimum Gasteiger partial charge on any atom is -0.497 e. The zero-order valence-corrected chi connectivity index (χ0v) is 56.2. The highest BCUT2D eigenvalue weighted by atomic mass is 32.2. The number of aryl methyl sites for hydroxylation is 3. The molecule has 0 aliphatic carbocycles. The highest BCUT2D eigenvalue weighted by Gasteiger charge is 2.30. The molecule has 0 bridgehead atoms. The first-order chi connectivity index (χ1) is 45.5. The summed E-state index contributed by atoms with van der Waals surface area (Å²) >= 11 is 0. The maximum absolute atomic E-state index is 14.1. The van der Waals surface area contributed by atoms with Crippen LogP contribution in [0.25, 0.3) is 0 Å². The molecule has 0 radical (unpaired) electrons. The molecular weight excluding hydrogens is 1310 g/mol. The van der Waals surface area contributed by atoms with Crippen LogP contribution < -0.4 is 14.2 Å². The topological polar surface area (TPSA) is 197 Å². The zero-order chi connectivity index (χ0) is 70.3. The van der Waals surface area contributed by atoms with Gasteiger partial charge in [-0.05, 0) is 115 Å². The molecule has 2 N–H and O–H groups in total. The van der Waals surface area contributed by atoms with E-state index < -0.39 is 88.7 Å². The highest BCUT2D eigenvalue weighted by Crippen LogP contribution is 2.27. The summed E-state index contributed by atoms with van der Waals surface area (Å²) in [6, 6.07) is 52.3. The predicted molar refractivity (Wildman–Crippen MR) is 357 cm³/mol. The lowest BCUT2D eigenvalue weighted by atomic mass is 10.1. The van der Waals surface area contributed by atoms with Crippen LogP contribution in [0.2, 0.25) is 0 Å². The summed E-state index contributed by atoms with van der Waals surface area (Å²) in [6.45, 7) is 6.85. The highest BCUT2D eigenvalue weighted by molar-refractivity contribution is 7.89. The number of ether oxygens (including phenoxy) is 3. The van der Waals surface area contributed by atoms with E-state index in [1.54, 1.807) is 69.9 Å². The molecule has 0 spiro atoms. The lowest BCUT2D eigenvalue weighted by Crippen LogP contribution is -2.34. The normalized spacial score (nSPS) is 12.1. The number of benzene rings is 9. The van der Waals surface area contributed by atoms with E-state index in [2.05, 4.69) is 0 Å². The third-order valence-electron chi connectivity index (χ3n) is 14.7. The third-order valence-corrected chi connectivity index (χ3v) is 19.5. The lowest BCUT2D eigenvalue weighted by Gasteiger charge is -2.24. The monoisotopic (exact) mass is 1380 g/mol. The minimum atomic E-state index is -4.03. The standard InChI is InChI=1S/2C24H25F2NO4S.C17H21NO3S.C7H4F2O/c2*1-17-3-5-18(6-4-17)14-27(15-19-7-10-21(31-2)11-8-19)32(29,30)16-24(28)22-12-9-20(25)13-23(22)26;1-14-4-6-15(7-5-14)12-18(22(3,19)20)13-16-8-10-17(21-2)11-9-16;8-6-2-1-5(4-10)7(9)3-6/h2*3-13,24,28H,14-16H2,1-2H3;4-11H,12-13H2,1-3H3;1-4H/t2*24-;;/m10../s1. The zero-order valence-electron chi connectivity index (χ0n) is 53.8. The van der Waals surface area contributed by atoms with Crippen LogP contribution in [-0.2, 0) is 69.3 Å². The van der Waals surface area contributed by atoms with Crippen LogP contribution >= 0.6 is 0 Å². The van der Waals surface area contributed by atoms with E-state index in [9.17, 15) is 66.6 Å². The molecular formula is C72H75F6N3O12S3. The Morgan fingerprint density at radius 3 is 0.865 bits per heavy atom. The second kappa shape index (κ2) is 35.9. The van der Waals surface area contributed by atoms with Crippen molar-refractivity contribution in [2.45, 2.75) is 72.2 Å². The van der Waals surface area contributed by atoms with Crippen molar-refractivity contribution in [1.82, 2.24) is 12.9 Å². The van der Waals surface area contributed by atoms with E-state index >= 15 is 0 Å². The molecule has 96 heavy (non-hydrogen) atoms. The van der Waals surface area contributed by atoms with Gasteiger partial charge in [-0.1, -0.05) is 138 Å². The van der Waals surface area contributed by atoms with Crippen LogP contribution in [0.1, 0.15) is 83.8 Å². The Labute approximate surface area is 557 Å². The molecule has 0 aliphatic rings. The van der Waals surface area contributed by atoms with Gasteiger partial charge in [-0.15, -0.1) is 0 Å². The summed E-state index contributed by atoms with van der Waals surface area (Å²) in [4.78, 5) is 9.98. The van der Waals surface area contributed by atoms with Gasteiger partial charge in [-0.25, -0.2) is 51.6 Å². The number of aliphatic hydroxyl groups is 2. The van der Waals surface area contributed by atoms with Crippen molar-refractivity contribution in [2.24, 2.45) is 0 Å². The summed E-state index contributed by atoms with van der Waals surface area (Å²) in [6.07, 6.45) is -1.70. The Bertz CT molecular complexity index is 4130. The molecule has 0 saturated heterocycles. The Balaban J connectivity index is 0.000000215. The average Bonchev–Trinajstić information content (AvgIpc) is 0.877. The number of aldehydes is 1. The van der Waals surface area contributed by atoms with Gasteiger partial charge in [-0.3, -0.25) is 4.79 Å². The fourth-order valence-electron chi connectivity index (χ4n) is 9.22. The van der Waals surface area contributed by atoms with Crippen molar-refractivity contribution in [2.75, 3.05) is 39.1 Å².